The lowest BCUT2D eigenvalue weighted by molar-refractivity contribution is -0.137. The second-order valence-electron chi connectivity index (χ2n) is 6.57. The van der Waals surface area contributed by atoms with Crippen LogP contribution >= 0.6 is 0 Å². The Labute approximate surface area is 170 Å². The van der Waals surface area contributed by atoms with Gasteiger partial charge in [0.2, 0.25) is 0 Å². The number of aliphatic hydroxyl groups is 2. The summed E-state index contributed by atoms with van der Waals surface area (Å²) in [5.74, 6) is 0.0893. The molecule has 3 rings (SSSR count). The number of nitrogens with zero attached hydrogens (tertiary/aromatic N) is 1. The number of aliphatic imine (C=N–C) groups is 1. The number of hydrogen-bond donors (Lipinski definition) is 2. The van der Waals surface area contributed by atoms with Gasteiger partial charge in [0.05, 0.1) is 12.2 Å². The topological polar surface area (TPSA) is 79.1 Å². The molecule has 0 aliphatic carbocycles. The van der Waals surface area contributed by atoms with E-state index in [0.717, 1.165) is 12.1 Å². The van der Waals surface area contributed by atoms with Crippen LogP contribution in [0.3, 0.4) is 0 Å². The standard InChI is InChI=1S/C22H18F3NO4/c1-13(19(28)12-27)26-21(29)15-5-10-18-14(11-15)3-2-4-20(18)30-17-8-6-16(7-9-17)22(23,24)25/h2-11,19,27-28H,12H2,1H3/b26-13+/t19-/m0/s1. The van der Waals surface area contributed by atoms with Gasteiger partial charge >= 0.3 is 6.18 Å². The van der Waals surface area contributed by atoms with Crippen LogP contribution in [0.1, 0.15) is 22.8 Å². The molecule has 3 aromatic carbocycles. The van der Waals surface area contributed by atoms with Crippen molar-refractivity contribution in [3.05, 3.63) is 71.8 Å². The lowest BCUT2D eigenvalue weighted by atomic mass is 10.1. The number of ether oxygens (including phenoxy) is 1. The molecule has 5 nitrogen and oxygen atoms in total. The molecule has 0 spiro atoms. The minimum absolute atomic E-state index is 0.0991. The molecule has 0 unspecified atom stereocenters. The van der Waals surface area contributed by atoms with Crippen LogP contribution in [0.2, 0.25) is 0 Å². The number of amides is 1. The van der Waals surface area contributed by atoms with Gasteiger partial charge in [-0.15, -0.1) is 0 Å². The first kappa shape index (κ1) is 21.5. The highest BCUT2D eigenvalue weighted by atomic mass is 19.4. The Kier molecular flexibility index (Phi) is 6.19. The van der Waals surface area contributed by atoms with Crippen molar-refractivity contribution < 1.29 is 32.9 Å². The number of hydrogen-bond acceptors (Lipinski definition) is 4. The second-order valence-corrected chi connectivity index (χ2v) is 6.57. The van der Waals surface area contributed by atoms with Gasteiger partial charge in [-0.05, 0) is 60.8 Å². The van der Waals surface area contributed by atoms with E-state index in [4.69, 9.17) is 9.84 Å². The van der Waals surface area contributed by atoms with E-state index < -0.39 is 30.4 Å². The fraction of sp³-hybridized carbons (Fsp3) is 0.182. The lowest BCUT2D eigenvalue weighted by Gasteiger charge is -2.11. The van der Waals surface area contributed by atoms with Gasteiger partial charge in [-0.3, -0.25) is 4.79 Å². The molecule has 0 aliphatic heterocycles. The number of carbonyl (C=O) groups is 1. The molecule has 0 aliphatic rings. The molecule has 0 aromatic heterocycles. The molecule has 1 amide bonds. The monoisotopic (exact) mass is 417 g/mol. The van der Waals surface area contributed by atoms with Crippen LogP contribution in [-0.4, -0.2) is 34.5 Å². The van der Waals surface area contributed by atoms with Crippen molar-refractivity contribution in [3.63, 3.8) is 0 Å². The van der Waals surface area contributed by atoms with E-state index in [0.29, 0.717) is 16.5 Å². The van der Waals surface area contributed by atoms with E-state index in [1.54, 1.807) is 30.3 Å². The normalized spacial score (nSPS) is 13.3. The fourth-order valence-electron chi connectivity index (χ4n) is 2.75. The van der Waals surface area contributed by atoms with Crippen LogP contribution in [0.15, 0.2) is 65.7 Å². The molecule has 0 fully saturated rings. The van der Waals surface area contributed by atoms with Crippen LogP contribution in [0.25, 0.3) is 10.8 Å². The molecule has 3 aromatic rings. The second kappa shape index (κ2) is 8.64. The van der Waals surface area contributed by atoms with Gasteiger partial charge < -0.3 is 14.9 Å². The number of halogens is 3. The average molecular weight is 417 g/mol. The number of benzene rings is 3. The molecular formula is C22H18F3NO4. The Hall–Kier alpha value is -3.23. The van der Waals surface area contributed by atoms with Gasteiger partial charge in [-0.1, -0.05) is 12.1 Å². The molecule has 1 atom stereocenters. The van der Waals surface area contributed by atoms with Crippen LogP contribution in [0.4, 0.5) is 13.2 Å². The third-order valence-corrected chi connectivity index (χ3v) is 4.43. The van der Waals surface area contributed by atoms with Crippen molar-refractivity contribution in [2.24, 2.45) is 4.99 Å². The lowest BCUT2D eigenvalue weighted by Crippen LogP contribution is -2.22. The molecule has 0 bridgehead atoms. The molecule has 0 saturated heterocycles. The van der Waals surface area contributed by atoms with Crippen molar-refractivity contribution >= 4 is 22.4 Å². The highest BCUT2D eigenvalue weighted by Gasteiger charge is 2.30. The zero-order valence-corrected chi connectivity index (χ0v) is 15.8. The Morgan fingerprint density at radius 2 is 1.80 bits per heavy atom. The van der Waals surface area contributed by atoms with Gasteiger partial charge in [0.1, 0.15) is 17.6 Å². The summed E-state index contributed by atoms with van der Waals surface area (Å²) in [6.07, 6.45) is -5.63. The molecule has 0 heterocycles. The van der Waals surface area contributed by atoms with Gasteiger partial charge in [0, 0.05) is 16.7 Å². The predicted octanol–water partition coefficient (Wildman–Crippen LogP) is 4.61. The number of aliphatic hydroxyl groups excluding tert-OH is 2. The molecular weight excluding hydrogens is 399 g/mol. The van der Waals surface area contributed by atoms with E-state index >= 15 is 0 Å². The van der Waals surface area contributed by atoms with Gasteiger partial charge in [0.15, 0.2) is 0 Å². The minimum atomic E-state index is -4.42. The van der Waals surface area contributed by atoms with Crippen molar-refractivity contribution in [1.29, 1.82) is 0 Å². The first-order valence-corrected chi connectivity index (χ1v) is 8.95. The van der Waals surface area contributed by atoms with Crippen LogP contribution < -0.4 is 4.74 Å². The average Bonchev–Trinajstić information content (AvgIpc) is 2.72. The summed E-state index contributed by atoms with van der Waals surface area (Å²) in [5, 5.41) is 19.8. The number of rotatable bonds is 5. The van der Waals surface area contributed by atoms with E-state index in [-0.39, 0.29) is 17.0 Å². The molecule has 0 radical (unpaired) electrons. The van der Waals surface area contributed by atoms with E-state index in [9.17, 15) is 23.1 Å². The fourth-order valence-corrected chi connectivity index (χ4v) is 2.75. The van der Waals surface area contributed by atoms with E-state index in [1.165, 1.54) is 25.1 Å². The summed E-state index contributed by atoms with van der Waals surface area (Å²) in [6.45, 7) is 0.904. The third kappa shape index (κ3) is 4.84. The van der Waals surface area contributed by atoms with Gasteiger partial charge in [-0.25, -0.2) is 4.99 Å². The van der Waals surface area contributed by atoms with Crippen molar-refractivity contribution in [2.75, 3.05) is 6.61 Å². The highest BCUT2D eigenvalue weighted by molar-refractivity contribution is 6.06. The van der Waals surface area contributed by atoms with E-state index in [2.05, 4.69) is 4.99 Å². The Bertz CT molecular complexity index is 1090. The Morgan fingerprint density at radius 1 is 1.10 bits per heavy atom. The SMILES string of the molecule is C/C(=N\C(=O)c1ccc2c(Oc3ccc(C(F)(F)F)cc3)cccc2c1)[C@@H](O)CO. The summed E-state index contributed by atoms with van der Waals surface area (Å²) < 4.78 is 43.8. The maximum atomic E-state index is 12.7. The smallest absolute Gasteiger partial charge is 0.416 e. The van der Waals surface area contributed by atoms with Crippen LogP contribution in [0.5, 0.6) is 11.5 Å². The predicted molar refractivity (Wildman–Crippen MR) is 106 cm³/mol. The summed E-state index contributed by atoms with van der Waals surface area (Å²) in [4.78, 5) is 16.1. The largest absolute Gasteiger partial charge is 0.457 e. The maximum absolute atomic E-state index is 12.7. The highest BCUT2D eigenvalue weighted by Crippen LogP contribution is 2.33. The molecule has 8 heteroatoms. The van der Waals surface area contributed by atoms with E-state index in [1.807, 2.05) is 0 Å². The number of carbonyl (C=O) groups excluding carboxylic acids is 1. The molecule has 156 valence electrons. The van der Waals surface area contributed by atoms with Crippen molar-refractivity contribution in [1.82, 2.24) is 0 Å². The Balaban J connectivity index is 1.87. The minimum Gasteiger partial charge on any atom is -0.457 e. The molecule has 2 N–H and O–H groups in total. The van der Waals surface area contributed by atoms with Gasteiger partial charge in [0.25, 0.3) is 5.91 Å². The zero-order valence-electron chi connectivity index (χ0n) is 15.8. The number of fused-ring (bicyclic) bond motifs is 1. The zero-order chi connectivity index (χ0) is 21.9. The number of alkyl halides is 3. The summed E-state index contributed by atoms with van der Waals surface area (Å²) in [7, 11) is 0. The Morgan fingerprint density at radius 3 is 2.43 bits per heavy atom. The quantitative estimate of drug-likeness (QED) is 0.595. The van der Waals surface area contributed by atoms with Crippen molar-refractivity contribution in [3.8, 4) is 11.5 Å². The first-order valence-electron chi connectivity index (χ1n) is 8.95. The van der Waals surface area contributed by atoms with Gasteiger partial charge in [-0.2, -0.15) is 13.2 Å². The first-order chi connectivity index (χ1) is 14.2. The summed E-state index contributed by atoms with van der Waals surface area (Å²) in [6, 6.07) is 14.3. The maximum Gasteiger partial charge on any atom is 0.416 e. The molecule has 30 heavy (non-hydrogen) atoms. The molecule has 0 saturated carbocycles. The van der Waals surface area contributed by atoms with Crippen molar-refractivity contribution in [2.45, 2.75) is 19.2 Å². The third-order valence-electron chi connectivity index (χ3n) is 4.43. The summed E-state index contributed by atoms with van der Waals surface area (Å²) >= 11 is 0. The van der Waals surface area contributed by atoms with Crippen LogP contribution in [-0.2, 0) is 6.18 Å². The summed E-state index contributed by atoms with van der Waals surface area (Å²) in [5.41, 5.74) is -0.390. The van der Waals surface area contributed by atoms with Crippen LogP contribution in [0, 0.1) is 0 Å².